The van der Waals surface area contributed by atoms with Gasteiger partial charge in [-0.1, -0.05) is 84.9 Å². The Balaban J connectivity index is 1.67. The number of carbonyl (C=O) groups is 1. The summed E-state index contributed by atoms with van der Waals surface area (Å²) in [5.74, 6) is 0.108. The predicted octanol–water partition coefficient (Wildman–Crippen LogP) is 7.35. The summed E-state index contributed by atoms with van der Waals surface area (Å²) >= 11 is 0. The first kappa shape index (κ1) is 16.6. The molecule has 1 aliphatic carbocycles. The van der Waals surface area contributed by atoms with Crippen molar-refractivity contribution in [2.45, 2.75) is 0 Å². The first-order chi connectivity index (χ1) is 15.3. The SMILES string of the molecule is O=C1c2ccccc2-c2c1c1[nH]c3ccc(-c4ccccc4)cc3c1c1ccccc21. The number of aromatic amines is 1. The van der Waals surface area contributed by atoms with Gasteiger partial charge in [-0.05, 0) is 39.6 Å². The van der Waals surface area contributed by atoms with Gasteiger partial charge in [-0.15, -0.1) is 0 Å². The minimum atomic E-state index is 0.108. The van der Waals surface area contributed by atoms with Crippen LogP contribution in [0.15, 0.2) is 97.1 Å². The van der Waals surface area contributed by atoms with Gasteiger partial charge in [-0.3, -0.25) is 4.79 Å². The van der Waals surface area contributed by atoms with Crippen LogP contribution in [0, 0.1) is 0 Å². The van der Waals surface area contributed by atoms with Crippen LogP contribution in [0.5, 0.6) is 0 Å². The fourth-order valence-corrected chi connectivity index (χ4v) is 5.19. The molecule has 2 heteroatoms. The first-order valence-electron chi connectivity index (χ1n) is 10.5. The van der Waals surface area contributed by atoms with Crippen molar-refractivity contribution in [2.75, 3.05) is 0 Å². The summed E-state index contributed by atoms with van der Waals surface area (Å²) in [5.41, 5.74) is 8.03. The smallest absolute Gasteiger partial charge is 0.196 e. The van der Waals surface area contributed by atoms with Crippen LogP contribution in [0.4, 0.5) is 0 Å². The molecule has 1 aromatic heterocycles. The molecule has 0 unspecified atom stereocenters. The summed E-state index contributed by atoms with van der Waals surface area (Å²) in [6.07, 6.45) is 0. The number of ketones is 1. The van der Waals surface area contributed by atoms with Crippen LogP contribution in [0.1, 0.15) is 15.9 Å². The normalized spacial score (nSPS) is 12.6. The molecule has 31 heavy (non-hydrogen) atoms. The van der Waals surface area contributed by atoms with Gasteiger partial charge in [-0.2, -0.15) is 0 Å². The van der Waals surface area contributed by atoms with E-state index < -0.39 is 0 Å². The maximum atomic E-state index is 13.5. The first-order valence-corrected chi connectivity index (χ1v) is 10.5. The number of nitrogens with one attached hydrogen (secondary N) is 1. The van der Waals surface area contributed by atoms with E-state index in [1.54, 1.807) is 0 Å². The Kier molecular flexibility index (Phi) is 3.18. The van der Waals surface area contributed by atoms with Crippen LogP contribution in [0.25, 0.3) is 54.8 Å². The van der Waals surface area contributed by atoms with Gasteiger partial charge < -0.3 is 4.98 Å². The molecule has 1 N–H and O–H groups in total. The molecule has 1 aliphatic rings. The van der Waals surface area contributed by atoms with Crippen LogP contribution in [-0.4, -0.2) is 10.8 Å². The second kappa shape index (κ2) is 5.93. The Labute approximate surface area is 178 Å². The minimum Gasteiger partial charge on any atom is -0.354 e. The van der Waals surface area contributed by atoms with E-state index in [9.17, 15) is 4.79 Å². The number of aromatic nitrogens is 1. The standard InChI is InChI=1S/C29H17NO/c31-29-22-13-7-6-12-21(22)25-19-10-4-5-11-20(19)26-23-16-18(17-8-2-1-3-9-17)14-15-24(23)30-28(26)27(25)29/h1-16,30H. The number of H-pyrrole nitrogens is 1. The Morgan fingerprint density at radius 2 is 1.26 bits per heavy atom. The van der Waals surface area contributed by atoms with Crippen LogP contribution in [0.3, 0.4) is 0 Å². The lowest BCUT2D eigenvalue weighted by molar-refractivity contribution is 0.104. The van der Waals surface area contributed by atoms with E-state index in [1.807, 2.05) is 24.3 Å². The molecule has 0 amide bonds. The number of rotatable bonds is 1. The Hall–Kier alpha value is -4.17. The van der Waals surface area contributed by atoms with Crippen LogP contribution < -0.4 is 0 Å². The van der Waals surface area contributed by atoms with E-state index in [2.05, 4.69) is 77.8 Å². The minimum absolute atomic E-state index is 0.108. The molecule has 0 atom stereocenters. The third-order valence-corrected chi connectivity index (χ3v) is 6.54. The third-order valence-electron chi connectivity index (χ3n) is 6.54. The molecular weight excluding hydrogens is 378 g/mol. The number of hydrogen-bond acceptors (Lipinski definition) is 1. The lowest BCUT2D eigenvalue weighted by Crippen LogP contribution is -1.96. The average Bonchev–Trinajstić information content (AvgIpc) is 3.35. The highest BCUT2D eigenvalue weighted by atomic mass is 16.1. The van der Waals surface area contributed by atoms with Crippen molar-refractivity contribution >= 4 is 38.4 Å². The molecule has 1 heterocycles. The summed E-state index contributed by atoms with van der Waals surface area (Å²) in [6, 6.07) is 33.4. The number of benzene rings is 5. The van der Waals surface area contributed by atoms with E-state index in [1.165, 1.54) is 16.5 Å². The number of hydrogen-bond donors (Lipinski definition) is 1. The highest BCUT2D eigenvalue weighted by Crippen LogP contribution is 2.47. The molecule has 6 aromatic rings. The summed E-state index contributed by atoms with van der Waals surface area (Å²) in [6.45, 7) is 0. The topological polar surface area (TPSA) is 32.9 Å². The zero-order valence-electron chi connectivity index (χ0n) is 16.6. The zero-order valence-corrected chi connectivity index (χ0v) is 16.6. The molecule has 144 valence electrons. The quantitative estimate of drug-likeness (QED) is 0.310. The number of fused-ring (bicyclic) bond motifs is 10. The number of carbonyl (C=O) groups excluding carboxylic acids is 1. The van der Waals surface area contributed by atoms with Crippen LogP contribution in [0.2, 0.25) is 0 Å². The molecule has 7 rings (SSSR count). The Morgan fingerprint density at radius 3 is 2.10 bits per heavy atom. The average molecular weight is 395 g/mol. The lowest BCUT2D eigenvalue weighted by atomic mass is 9.93. The van der Waals surface area contributed by atoms with Gasteiger partial charge in [0.25, 0.3) is 0 Å². The fraction of sp³-hybridized carbons (Fsp3) is 0. The fourth-order valence-electron chi connectivity index (χ4n) is 5.19. The molecule has 0 spiro atoms. The molecule has 0 saturated carbocycles. The van der Waals surface area contributed by atoms with Crippen molar-refractivity contribution in [3.05, 3.63) is 108 Å². The van der Waals surface area contributed by atoms with E-state index >= 15 is 0 Å². The third kappa shape index (κ3) is 2.14. The highest BCUT2D eigenvalue weighted by Gasteiger charge is 2.32. The second-order valence-electron chi connectivity index (χ2n) is 8.17. The molecule has 2 nitrogen and oxygen atoms in total. The summed E-state index contributed by atoms with van der Waals surface area (Å²) in [4.78, 5) is 17.1. The molecule has 0 radical (unpaired) electrons. The Morgan fingerprint density at radius 1 is 0.548 bits per heavy atom. The van der Waals surface area contributed by atoms with E-state index in [0.29, 0.717) is 0 Å². The maximum absolute atomic E-state index is 13.5. The van der Waals surface area contributed by atoms with Crippen LogP contribution in [-0.2, 0) is 0 Å². The van der Waals surface area contributed by atoms with Crippen molar-refractivity contribution in [1.29, 1.82) is 0 Å². The van der Waals surface area contributed by atoms with Crippen molar-refractivity contribution in [3.63, 3.8) is 0 Å². The van der Waals surface area contributed by atoms with Gasteiger partial charge in [0.05, 0.1) is 11.1 Å². The van der Waals surface area contributed by atoms with E-state index in [4.69, 9.17) is 0 Å². The van der Waals surface area contributed by atoms with Crippen molar-refractivity contribution < 1.29 is 4.79 Å². The summed E-state index contributed by atoms with van der Waals surface area (Å²) in [7, 11) is 0. The highest BCUT2D eigenvalue weighted by molar-refractivity contribution is 6.36. The molecule has 5 aromatic carbocycles. The monoisotopic (exact) mass is 395 g/mol. The van der Waals surface area contributed by atoms with Gasteiger partial charge in [-0.25, -0.2) is 0 Å². The van der Waals surface area contributed by atoms with Crippen molar-refractivity contribution in [1.82, 2.24) is 4.98 Å². The van der Waals surface area contributed by atoms with E-state index in [0.717, 1.165) is 49.4 Å². The zero-order chi connectivity index (χ0) is 20.5. The van der Waals surface area contributed by atoms with Crippen molar-refractivity contribution in [2.24, 2.45) is 0 Å². The lowest BCUT2D eigenvalue weighted by Gasteiger charge is -2.09. The van der Waals surface area contributed by atoms with Gasteiger partial charge in [0.15, 0.2) is 5.78 Å². The van der Waals surface area contributed by atoms with Gasteiger partial charge in [0.1, 0.15) is 0 Å². The van der Waals surface area contributed by atoms with E-state index in [-0.39, 0.29) is 5.78 Å². The molecule has 0 aliphatic heterocycles. The van der Waals surface area contributed by atoms with Crippen LogP contribution >= 0.6 is 0 Å². The van der Waals surface area contributed by atoms with Gasteiger partial charge in [0.2, 0.25) is 0 Å². The molecule has 0 fully saturated rings. The molecule has 0 saturated heterocycles. The van der Waals surface area contributed by atoms with Gasteiger partial charge in [0, 0.05) is 27.4 Å². The summed E-state index contributed by atoms with van der Waals surface area (Å²) in [5, 5.41) is 4.59. The van der Waals surface area contributed by atoms with Crippen molar-refractivity contribution in [3.8, 4) is 22.3 Å². The van der Waals surface area contributed by atoms with Gasteiger partial charge >= 0.3 is 0 Å². The second-order valence-corrected chi connectivity index (χ2v) is 8.17. The Bertz CT molecular complexity index is 1690. The maximum Gasteiger partial charge on any atom is 0.196 e. The molecule has 0 bridgehead atoms. The predicted molar refractivity (Wildman–Crippen MR) is 128 cm³/mol. The molecular formula is C29H17NO. The summed E-state index contributed by atoms with van der Waals surface area (Å²) < 4.78 is 0. The largest absolute Gasteiger partial charge is 0.354 e.